The molecule has 3 aromatic rings. The number of aromatic nitrogens is 2. The molecule has 0 aliphatic heterocycles. The molecule has 1 N–H and O–H groups in total. The number of hydrogen-bond acceptors (Lipinski definition) is 3. The SMILES string of the molecule is Cc1cccc(-n2ccnc(NC[C@H](C)c3ccccc3)c2=O)c1. The molecule has 122 valence electrons. The van der Waals surface area contributed by atoms with Crippen molar-refractivity contribution in [2.24, 2.45) is 0 Å². The molecule has 0 saturated heterocycles. The fraction of sp³-hybridized carbons (Fsp3) is 0.200. The Morgan fingerprint density at radius 1 is 1.12 bits per heavy atom. The molecular weight excluding hydrogens is 298 g/mol. The lowest BCUT2D eigenvalue weighted by Gasteiger charge is -2.14. The molecule has 3 rings (SSSR count). The Morgan fingerprint density at radius 3 is 2.67 bits per heavy atom. The molecule has 4 nitrogen and oxygen atoms in total. The van der Waals surface area contributed by atoms with E-state index in [0.29, 0.717) is 18.3 Å². The third kappa shape index (κ3) is 3.54. The first-order valence-corrected chi connectivity index (χ1v) is 8.08. The van der Waals surface area contributed by atoms with Gasteiger partial charge in [0.05, 0.1) is 0 Å². The summed E-state index contributed by atoms with van der Waals surface area (Å²) in [7, 11) is 0. The molecule has 1 atom stereocenters. The molecule has 1 heterocycles. The second kappa shape index (κ2) is 7.13. The molecule has 0 aliphatic rings. The molecule has 0 aliphatic carbocycles. The van der Waals surface area contributed by atoms with Gasteiger partial charge in [-0.2, -0.15) is 0 Å². The minimum atomic E-state index is -0.136. The highest BCUT2D eigenvalue weighted by molar-refractivity contribution is 5.40. The number of anilines is 1. The maximum Gasteiger partial charge on any atom is 0.297 e. The Balaban J connectivity index is 1.80. The summed E-state index contributed by atoms with van der Waals surface area (Å²) in [6.45, 7) is 4.80. The predicted molar refractivity (Wildman–Crippen MR) is 97.9 cm³/mol. The second-order valence-corrected chi connectivity index (χ2v) is 5.98. The van der Waals surface area contributed by atoms with E-state index in [9.17, 15) is 4.79 Å². The summed E-state index contributed by atoms with van der Waals surface area (Å²) >= 11 is 0. The Labute approximate surface area is 141 Å². The highest BCUT2D eigenvalue weighted by Crippen LogP contribution is 2.14. The minimum absolute atomic E-state index is 0.136. The zero-order chi connectivity index (χ0) is 16.9. The molecule has 0 unspecified atom stereocenters. The summed E-state index contributed by atoms with van der Waals surface area (Å²) < 4.78 is 1.62. The van der Waals surface area contributed by atoms with Crippen molar-refractivity contribution in [1.82, 2.24) is 9.55 Å². The van der Waals surface area contributed by atoms with E-state index >= 15 is 0 Å². The first-order valence-electron chi connectivity index (χ1n) is 8.08. The smallest absolute Gasteiger partial charge is 0.297 e. The van der Waals surface area contributed by atoms with E-state index < -0.39 is 0 Å². The van der Waals surface area contributed by atoms with Crippen molar-refractivity contribution in [3.63, 3.8) is 0 Å². The van der Waals surface area contributed by atoms with Gasteiger partial charge in [-0.15, -0.1) is 0 Å². The van der Waals surface area contributed by atoms with Gasteiger partial charge in [-0.1, -0.05) is 49.4 Å². The Morgan fingerprint density at radius 2 is 1.92 bits per heavy atom. The highest BCUT2D eigenvalue weighted by Gasteiger charge is 2.09. The van der Waals surface area contributed by atoms with Gasteiger partial charge in [0.2, 0.25) is 0 Å². The van der Waals surface area contributed by atoms with Crippen molar-refractivity contribution in [2.75, 3.05) is 11.9 Å². The minimum Gasteiger partial charge on any atom is -0.365 e. The third-order valence-electron chi connectivity index (χ3n) is 4.06. The summed E-state index contributed by atoms with van der Waals surface area (Å²) in [5, 5.41) is 3.19. The van der Waals surface area contributed by atoms with Crippen LogP contribution < -0.4 is 10.9 Å². The van der Waals surface area contributed by atoms with Gasteiger partial charge in [0.1, 0.15) is 0 Å². The van der Waals surface area contributed by atoms with Gasteiger partial charge in [0.15, 0.2) is 5.82 Å². The number of rotatable bonds is 5. The van der Waals surface area contributed by atoms with Crippen molar-refractivity contribution in [3.8, 4) is 5.69 Å². The van der Waals surface area contributed by atoms with Gasteiger partial charge in [-0.05, 0) is 36.1 Å². The van der Waals surface area contributed by atoms with Crippen molar-refractivity contribution in [3.05, 3.63) is 88.5 Å². The lowest BCUT2D eigenvalue weighted by molar-refractivity contribution is 0.796. The van der Waals surface area contributed by atoms with E-state index in [2.05, 4.69) is 29.4 Å². The number of benzene rings is 2. The fourth-order valence-electron chi connectivity index (χ4n) is 2.66. The maximum atomic E-state index is 12.7. The number of hydrogen-bond donors (Lipinski definition) is 1. The van der Waals surface area contributed by atoms with E-state index in [1.807, 2.05) is 49.4 Å². The zero-order valence-electron chi connectivity index (χ0n) is 13.9. The van der Waals surface area contributed by atoms with E-state index in [-0.39, 0.29) is 5.56 Å². The van der Waals surface area contributed by atoms with Crippen LogP contribution in [-0.2, 0) is 0 Å². The van der Waals surface area contributed by atoms with E-state index in [1.54, 1.807) is 17.0 Å². The largest absolute Gasteiger partial charge is 0.365 e. The van der Waals surface area contributed by atoms with Gasteiger partial charge in [-0.25, -0.2) is 4.98 Å². The second-order valence-electron chi connectivity index (χ2n) is 5.98. The molecule has 24 heavy (non-hydrogen) atoms. The van der Waals surface area contributed by atoms with Crippen LogP contribution in [0, 0.1) is 6.92 Å². The van der Waals surface area contributed by atoms with Gasteiger partial charge < -0.3 is 5.32 Å². The summed E-state index contributed by atoms with van der Waals surface area (Å²) in [4.78, 5) is 16.9. The fourth-order valence-corrected chi connectivity index (χ4v) is 2.66. The van der Waals surface area contributed by atoms with E-state index in [0.717, 1.165) is 11.3 Å². The van der Waals surface area contributed by atoms with Gasteiger partial charge in [-0.3, -0.25) is 9.36 Å². The Hall–Kier alpha value is -2.88. The molecule has 0 spiro atoms. The molecule has 4 heteroatoms. The maximum absolute atomic E-state index is 12.7. The number of nitrogens with one attached hydrogen (secondary N) is 1. The van der Waals surface area contributed by atoms with Crippen LogP contribution in [0.25, 0.3) is 5.69 Å². The van der Waals surface area contributed by atoms with Crippen LogP contribution >= 0.6 is 0 Å². The van der Waals surface area contributed by atoms with Crippen LogP contribution in [0.3, 0.4) is 0 Å². The van der Waals surface area contributed by atoms with Crippen LogP contribution in [0.2, 0.25) is 0 Å². The van der Waals surface area contributed by atoms with Crippen molar-refractivity contribution in [2.45, 2.75) is 19.8 Å². The summed E-state index contributed by atoms with van der Waals surface area (Å²) in [6.07, 6.45) is 3.35. The summed E-state index contributed by atoms with van der Waals surface area (Å²) in [6, 6.07) is 18.1. The molecule has 0 fully saturated rings. The first kappa shape index (κ1) is 16.0. The normalized spacial score (nSPS) is 11.9. The topological polar surface area (TPSA) is 46.9 Å². The van der Waals surface area contributed by atoms with Gasteiger partial charge in [0, 0.05) is 24.6 Å². The average molecular weight is 319 g/mol. The zero-order valence-corrected chi connectivity index (χ0v) is 13.9. The first-order chi connectivity index (χ1) is 11.6. The molecular formula is C20H21N3O. The standard InChI is InChI=1S/C20H21N3O/c1-15-7-6-10-18(13-15)23-12-11-21-19(20(23)24)22-14-16(2)17-8-4-3-5-9-17/h3-13,16H,14H2,1-2H3,(H,21,22)/t16-/m0/s1. The monoisotopic (exact) mass is 319 g/mol. The lowest BCUT2D eigenvalue weighted by atomic mass is 10.0. The number of aryl methyl sites for hydroxylation is 1. The molecule has 1 aromatic heterocycles. The summed E-state index contributed by atoms with van der Waals surface area (Å²) in [5.41, 5.74) is 3.06. The van der Waals surface area contributed by atoms with Crippen LogP contribution in [-0.4, -0.2) is 16.1 Å². The van der Waals surface area contributed by atoms with Gasteiger partial charge >= 0.3 is 0 Å². The summed E-state index contributed by atoms with van der Waals surface area (Å²) in [5.74, 6) is 0.668. The van der Waals surface area contributed by atoms with Crippen molar-refractivity contribution < 1.29 is 0 Å². The average Bonchev–Trinajstić information content (AvgIpc) is 2.61. The molecule has 0 saturated carbocycles. The number of nitrogens with zero attached hydrogens (tertiary/aromatic N) is 2. The predicted octanol–water partition coefficient (Wildman–Crippen LogP) is 3.76. The van der Waals surface area contributed by atoms with E-state index in [1.165, 1.54) is 5.56 Å². The molecule has 0 bridgehead atoms. The third-order valence-corrected chi connectivity index (χ3v) is 4.06. The molecule has 0 radical (unpaired) electrons. The highest BCUT2D eigenvalue weighted by atomic mass is 16.1. The Kier molecular flexibility index (Phi) is 4.75. The van der Waals surface area contributed by atoms with Crippen molar-refractivity contribution >= 4 is 5.82 Å². The van der Waals surface area contributed by atoms with Gasteiger partial charge in [0.25, 0.3) is 5.56 Å². The van der Waals surface area contributed by atoms with Crippen LogP contribution in [0.15, 0.2) is 71.8 Å². The molecule has 2 aromatic carbocycles. The Bertz CT molecular complexity index is 871. The quantitative estimate of drug-likeness (QED) is 0.779. The van der Waals surface area contributed by atoms with Crippen molar-refractivity contribution in [1.29, 1.82) is 0 Å². The lowest BCUT2D eigenvalue weighted by Crippen LogP contribution is -2.24. The van der Waals surface area contributed by atoms with Crippen LogP contribution in [0.1, 0.15) is 24.0 Å². The van der Waals surface area contributed by atoms with Crippen LogP contribution in [0.4, 0.5) is 5.82 Å². The van der Waals surface area contributed by atoms with Crippen LogP contribution in [0.5, 0.6) is 0 Å². The molecule has 0 amide bonds. The van der Waals surface area contributed by atoms with E-state index in [4.69, 9.17) is 0 Å².